The largest absolute Gasteiger partial charge is 0.490 e. The van der Waals surface area contributed by atoms with Crippen molar-refractivity contribution in [2.75, 3.05) is 17.9 Å². The molecule has 3 aromatic rings. The van der Waals surface area contributed by atoms with Gasteiger partial charge in [0.1, 0.15) is 0 Å². The maximum Gasteiger partial charge on any atom is 0.262 e. The van der Waals surface area contributed by atoms with E-state index >= 15 is 0 Å². The molecule has 1 aliphatic rings. The van der Waals surface area contributed by atoms with E-state index in [1.165, 1.54) is 23.5 Å². The predicted molar refractivity (Wildman–Crippen MR) is 117 cm³/mol. The molecule has 0 saturated heterocycles. The van der Waals surface area contributed by atoms with Gasteiger partial charge in [-0.25, -0.2) is 13.4 Å². The van der Waals surface area contributed by atoms with Crippen LogP contribution in [0.25, 0.3) is 0 Å². The Labute approximate surface area is 184 Å². The molecule has 162 valence electrons. The zero-order chi connectivity index (χ0) is 21.8. The molecule has 4 rings (SSSR count). The van der Waals surface area contributed by atoms with Gasteiger partial charge in [-0.15, -0.1) is 11.3 Å². The van der Waals surface area contributed by atoms with Crippen LogP contribution >= 0.6 is 11.3 Å². The normalized spacial score (nSPS) is 13.3. The second-order valence-electron chi connectivity index (χ2n) is 6.88. The molecule has 0 saturated carbocycles. The van der Waals surface area contributed by atoms with Gasteiger partial charge in [0.15, 0.2) is 11.5 Å². The van der Waals surface area contributed by atoms with Gasteiger partial charge in [0.05, 0.1) is 35.4 Å². The molecule has 10 heteroatoms. The number of carbonyl (C=O) groups excluding carboxylic acids is 1. The van der Waals surface area contributed by atoms with Crippen molar-refractivity contribution in [2.45, 2.75) is 24.8 Å². The van der Waals surface area contributed by atoms with Crippen molar-refractivity contribution in [3.8, 4) is 11.5 Å². The van der Waals surface area contributed by atoms with Gasteiger partial charge in [0.25, 0.3) is 15.9 Å². The molecule has 0 fully saturated rings. The molecule has 0 atom stereocenters. The molecule has 2 heterocycles. The number of hydrogen-bond donors (Lipinski definition) is 2. The van der Waals surface area contributed by atoms with Crippen molar-refractivity contribution in [3.05, 3.63) is 64.1 Å². The Morgan fingerprint density at radius 1 is 1.10 bits per heavy atom. The Hall–Kier alpha value is -3.11. The van der Waals surface area contributed by atoms with Crippen LogP contribution in [0.1, 0.15) is 27.5 Å². The number of benzene rings is 2. The first-order valence-corrected chi connectivity index (χ1v) is 12.0. The van der Waals surface area contributed by atoms with Crippen LogP contribution < -0.4 is 19.5 Å². The first kappa shape index (κ1) is 21.1. The topological polar surface area (TPSA) is 107 Å². The summed E-state index contributed by atoms with van der Waals surface area (Å²) in [6.07, 6.45) is 0.734. The number of anilines is 1. The van der Waals surface area contributed by atoms with Gasteiger partial charge in [-0.2, -0.15) is 0 Å². The highest BCUT2D eigenvalue weighted by atomic mass is 32.2. The summed E-state index contributed by atoms with van der Waals surface area (Å²) in [5.74, 6) is 0.672. The Morgan fingerprint density at radius 2 is 1.84 bits per heavy atom. The van der Waals surface area contributed by atoms with Crippen LogP contribution in [0.15, 0.2) is 52.7 Å². The van der Waals surface area contributed by atoms with Gasteiger partial charge in [-0.1, -0.05) is 0 Å². The minimum atomic E-state index is -3.83. The molecule has 2 aromatic carbocycles. The van der Waals surface area contributed by atoms with Crippen molar-refractivity contribution < 1.29 is 22.7 Å². The monoisotopic (exact) mass is 459 g/mol. The first-order chi connectivity index (χ1) is 14.9. The fourth-order valence-electron chi connectivity index (χ4n) is 2.98. The molecule has 0 bridgehead atoms. The van der Waals surface area contributed by atoms with Crippen LogP contribution in [-0.4, -0.2) is 32.5 Å². The van der Waals surface area contributed by atoms with Crippen LogP contribution in [0, 0.1) is 6.92 Å². The van der Waals surface area contributed by atoms with E-state index in [-0.39, 0.29) is 10.8 Å². The van der Waals surface area contributed by atoms with Crippen molar-refractivity contribution in [3.63, 3.8) is 0 Å². The fraction of sp³-hybridized carbons (Fsp3) is 0.238. The number of fused-ring (bicyclic) bond motifs is 1. The van der Waals surface area contributed by atoms with E-state index in [0.29, 0.717) is 42.5 Å². The summed E-state index contributed by atoms with van der Waals surface area (Å²) in [5, 5.41) is 5.63. The Morgan fingerprint density at radius 3 is 2.55 bits per heavy atom. The lowest BCUT2D eigenvalue weighted by Gasteiger charge is -2.12. The molecule has 1 amide bonds. The lowest BCUT2D eigenvalue weighted by atomic mass is 10.2. The lowest BCUT2D eigenvalue weighted by Crippen LogP contribution is -2.23. The third kappa shape index (κ3) is 5.15. The van der Waals surface area contributed by atoms with Gasteiger partial charge < -0.3 is 14.8 Å². The molecule has 0 spiro atoms. The number of aromatic nitrogens is 1. The number of nitrogens with one attached hydrogen (secondary N) is 2. The summed E-state index contributed by atoms with van der Waals surface area (Å²) in [6.45, 7) is 3.24. The van der Waals surface area contributed by atoms with Crippen molar-refractivity contribution in [1.82, 2.24) is 10.3 Å². The maximum absolute atomic E-state index is 12.8. The molecule has 8 nitrogen and oxygen atoms in total. The van der Waals surface area contributed by atoms with E-state index < -0.39 is 10.0 Å². The third-order valence-corrected chi connectivity index (χ3v) is 6.73. The maximum atomic E-state index is 12.8. The van der Waals surface area contributed by atoms with Gasteiger partial charge in [0.2, 0.25) is 0 Å². The molecule has 0 aliphatic carbocycles. The molecule has 31 heavy (non-hydrogen) atoms. The van der Waals surface area contributed by atoms with E-state index in [1.54, 1.807) is 30.3 Å². The van der Waals surface area contributed by atoms with Crippen LogP contribution in [0.4, 0.5) is 5.69 Å². The second-order valence-corrected chi connectivity index (χ2v) is 9.63. The quantitative estimate of drug-likeness (QED) is 0.586. The predicted octanol–water partition coefficient (Wildman–Crippen LogP) is 3.34. The van der Waals surface area contributed by atoms with E-state index in [0.717, 1.165) is 17.1 Å². The van der Waals surface area contributed by atoms with Crippen molar-refractivity contribution in [2.24, 2.45) is 0 Å². The molecule has 0 unspecified atom stereocenters. The van der Waals surface area contributed by atoms with E-state index in [2.05, 4.69) is 15.0 Å². The van der Waals surface area contributed by atoms with Gasteiger partial charge in [0, 0.05) is 29.1 Å². The smallest absolute Gasteiger partial charge is 0.262 e. The molecule has 1 aliphatic heterocycles. The van der Waals surface area contributed by atoms with Crippen LogP contribution in [0.3, 0.4) is 0 Å². The summed E-state index contributed by atoms with van der Waals surface area (Å²) >= 11 is 1.52. The first-order valence-electron chi connectivity index (χ1n) is 9.62. The Balaban J connectivity index is 1.42. The number of sulfonamides is 1. The zero-order valence-electron chi connectivity index (χ0n) is 16.8. The number of carbonyl (C=O) groups is 1. The number of rotatable bonds is 6. The van der Waals surface area contributed by atoms with E-state index in [1.807, 2.05) is 12.3 Å². The highest BCUT2D eigenvalue weighted by Crippen LogP contribution is 2.32. The molecule has 0 radical (unpaired) electrons. The third-order valence-electron chi connectivity index (χ3n) is 4.53. The zero-order valence-corrected chi connectivity index (χ0v) is 18.4. The molecular weight excluding hydrogens is 438 g/mol. The average Bonchev–Trinajstić information content (AvgIpc) is 3.03. The number of hydrogen-bond acceptors (Lipinski definition) is 7. The number of nitrogens with zero attached hydrogens (tertiary/aromatic N) is 1. The van der Waals surface area contributed by atoms with Gasteiger partial charge in [-0.05, 0) is 43.3 Å². The number of thiazole rings is 1. The lowest BCUT2D eigenvalue weighted by molar-refractivity contribution is 0.0950. The summed E-state index contributed by atoms with van der Waals surface area (Å²) < 4.78 is 39.1. The second kappa shape index (κ2) is 8.94. The number of ether oxygens (including phenoxy) is 2. The number of aryl methyl sites for hydroxylation is 1. The van der Waals surface area contributed by atoms with Crippen LogP contribution in [0.5, 0.6) is 11.5 Å². The van der Waals surface area contributed by atoms with E-state index in [9.17, 15) is 13.2 Å². The van der Waals surface area contributed by atoms with E-state index in [4.69, 9.17) is 9.47 Å². The summed E-state index contributed by atoms with van der Waals surface area (Å²) in [4.78, 5) is 16.7. The minimum Gasteiger partial charge on any atom is -0.490 e. The summed E-state index contributed by atoms with van der Waals surface area (Å²) in [6, 6.07) is 10.7. The summed E-state index contributed by atoms with van der Waals surface area (Å²) in [7, 11) is -3.83. The van der Waals surface area contributed by atoms with Gasteiger partial charge >= 0.3 is 0 Å². The van der Waals surface area contributed by atoms with Crippen LogP contribution in [0.2, 0.25) is 0 Å². The highest BCUT2D eigenvalue weighted by molar-refractivity contribution is 7.92. The van der Waals surface area contributed by atoms with Gasteiger partial charge in [-0.3, -0.25) is 9.52 Å². The standard InChI is InChI=1S/C21H21N3O5S2/c1-14-23-17(13-30-14)12-22-21(25)15-3-5-16(6-4-15)24-31(26,27)18-7-8-19-20(11-18)29-10-2-9-28-19/h3-8,11,13,24H,2,9-10,12H2,1H3,(H,22,25). The summed E-state index contributed by atoms with van der Waals surface area (Å²) in [5.41, 5.74) is 1.57. The average molecular weight is 460 g/mol. The Kier molecular flexibility index (Phi) is 6.10. The molecular formula is C21H21N3O5S2. The van der Waals surface area contributed by atoms with Crippen LogP contribution in [-0.2, 0) is 16.6 Å². The van der Waals surface area contributed by atoms with Crippen molar-refractivity contribution in [1.29, 1.82) is 0 Å². The molecule has 1 aromatic heterocycles. The number of amides is 1. The highest BCUT2D eigenvalue weighted by Gasteiger charge is 2.19. The van der Waals surface area contributed by atoms with Crippen molar-refractivity contribution >= 4 is 33.0 Å². The fourth-order valence-corrected chi connectivity index (χ4v) is 4.66. The molecule has 2 N–H and O–H groups in total. The SMILES string of the molecule is Cc1nc(CNC(=O)c2ccc(NS(=O)(=O)c3ccc4c(c3)OCCCO4)cc2)cs1. The minimum absolute atomic E-state index is 0.0668. The Bertz CT molecular complexity index is 1190.